The standard InChI is InChI=1S/C23H33N3O6Si/c1-5-6-7-21(27)25-20(22(28)30-13-12-24)16-18-8-10-19(11-9-18)17-32-26-23(29)31-14-15-33(2,3)4/h5,8-11,20H,1,6-7,13-17H2,2-4H3,(H,25,27)(H,26,29). The van der Waals surface area contributed by atoms with Crippen LogP contribution in [-0.4, -0.2) is 45.3 Å². The van der Waals surface area contributed by atoms with E-state index in [1.54, 1.807) is 36.4 Å². The first kappa shape index (κ1) is 27.9. The normalized spacial score (nSPS) is 11.6. The summed E-state index contributed by atoms with van der Waals surface area (Å²) in [4.78, 5) is 41.1. The molecule has 0 saturated carbocycles. The number of carbonyl (C=O) groups excluding carboxylic acids is 3. The lowest BCUT2D eigenvalue weighted by molar-refractivity contribution is -0.146. The van der Waals surface area contributed by atoms with Gasteiger partial charge in [-0.3, -0.25) is 9.63 Å². The molecule has 1 aromatic rings. The second-order valence-corrected chi connectivity index (χ2v) is 14.2. The van der Waals surface area contributed by atoms with Gasteiger partial charge in [0.1, 0.15) is 12.1 Å². The summed E-state index contributed by atoms with van der Waals surface area (Å²) in [6.45, 7) is 10.3. The van der Waals surface area contributed by atoms with E-state index in [9.17, 15) is 14.4 Å². The largest absolute Gasteiger partial charge is 0.449 e. The summed E-state index contributed by atoms with van der Waals surface area (Å²) >= 11 is 0. The molecular weight excluding hydrogens is 442 g/mol. The fraction of sp³-hybridized carbons (Fsp3) is 0.478. The molecule has 9 nitrogen and oxygen atoms in total. The van der Waals surface area contributed by atoms with Gasteiger partial charge >= 0.3 is 12.1 Å². The number of hydrogen-bond acceptors (Lipinski definition) is 7. The molecule has 1 aromatic carbocycles. The van der Waals surface area contributed by atoms with Crippen LogP contribution in [0.5, 0.6) is 0 Å². The number of esters is 1. The lowest BCUT2D eigenvalue weighted by atomic mass is 10.0. The summed E-state index contributed by atoms with van der Waals surface area (Å²) in [5.41, 5.74) is 3.82. The Kier molecular flexibility index (Phi) is 12.5. The van der Waals surface area contributed by atoms with Crippen molar-refractivity contribution in [3.63, 3.8) is 0 Å². The minimum atomic E-state index is -1.27. The molecule has 2 amide bonds. The summed E-state index contributed by atoms with van der Waals surface area (Å²) in [6, 6.07) is 8.83. The zero-order valence-electron chi connectivity index (χ0n) is 19.5. The number of nitrogens with zero attached hydrogens (tertiary/aromatic N) is 1. The molecule has 0 spiro atoms. The third-order valence-corrected chi connectivity index (χ3v) is 6.12. The Morgan fingerprint density at radius 3 is 2.42 bits per heavy atom. The summed E-state index contributed by atoms with van der Waals surface area (Å²) in [6.07, 6.45) is 1.88. The Morgan fingerprint density at radius 2 is 1.82 bits per heavy atom. The van der Waals surface area contributed by atoms with Gasteiger partial charge in [0.05, 0.1) is 13.2 Å². The molecule has 0 bridgehead atoms. The van der Waals surface area contributed by atoms with Crippen LogP contribution in [0.3, 0.4) is 0 Å². The molecule has 0 aliphatic carbocycles. The Labute approximate surface area is 196 Å². The SMILES string of the molecule is C=CCCC(=O)NC(Cc1ccc(CONC(=O)OCC[Si](C)(C)C)cc1)C(=O)OCC#N. The first-order valence-corrected chi connectivity index (χ1v) is 14.4. The van der Waals surface area contributed by atoms with Gasteiger partial charge in [0, 0.05) is 20.9 Å². The van der Waals surface area contributed by atoms with E-state index in [1.165, 1.54) is 0 Å². The van der Waals surface area contributed by atoms with E-state index < -0.39 is 26.2 Å². The van der Waals surface area contributed by atoms with Crippen LogP contribution in [0.4, 0.5) is 4.79 Å². The number of carbonyl (C=O) groups is 3. The predicted octanol–water partition coefficient (Wildman–Crippen LogP) is 3.24. The number of rotatable bonds is 14. The number of allylic oxidation sites excluding steroid dienone is 1. The van der Waals surface area contributed by atoms with E-state index in [4.69, 9.17) is 19.6 Å². The lowest BCUT2D eigenvalue weighted by Crippen LogP contribution is -2.43. The fourth-order valence-corrected chi connectivity index (χ4v) is 3.28. The molecule has 0 aliphatic rings. The van der Waals surface area contributed by atoms with E-state index in [1.807, 2.05) is 0 Å². The molecule has 1 atom stereocenters. The Morgan fingerprint density at radius 1 is 1.15 bits per heavy atom. The number of amides is 2. The van der Waals surface area contributed by atoms with Gasteiger partial charge in [0.25, 0.3) is 0 Å². The number of hydrogen-bond donors (Lipinski definition) is 2. The van der Waals surface area contributed by atoms with Gasteiger partial charge in [-0.2, -0.15) is 10.7 Å². The van der Waals surface area contributed by atoms with Crippen LogP contribution < -0.4 is 10.8 Å². The fourth-order valence-electron chi connectivity index (χ4n) is 2.56. The number of ether oxygens (including phenoxy) is 2. The van der Waals surface area contributed by atoms with Crippen LogP contribution in [0, 0.1) is 11.3 Å². The summed E-state index contributed by atoms with van der Waals surface area (Å²) in [7, 11) is -1.27. The van der Waals surface area contributed by atoms with Gasteiger partial charge < -0.3 is 14.8 Å². The Hall–Kier alpha value is -3.16. The average Bonchev–Trinajstić information content (AvgIpc) is 2.75. The van der Waals surface area contributed by atoms with E-state index >= 15 is 0 Å². The predicted molar refractivity (Wildman–Crippen MR) is 126 cm³/mol. The summed E-state index contributed by atoms with van der Waals surface area (Å²) < 4.78 is 9.95. The third kappa shape index (κ3) is 13.1. The highest BCUT2D eigenvalue weighted by molar-refractivity contribution is 6.76. The van der Waals surface area contributed by atoms with Crippen LogP contribution >= 0.6 is 0 Å². The second-order valence-electron chi connectivity index (χ2n) is 8.57. The maximum Gasteiger partial charge on any atom is 0.431 e. The number of nitrogens with one attached hydrogen (secondary N) is 2. The van der Waals surface area contributed by atoms with Crippen molar-refractivity contribution in [3.8, 4) is 6.07 Å². The molecule has 180 valence electrons. The van der Waals surface area contributed by atoms with Crippen molar-refractivity contribution in [3.05, 3.63) is 48.0 Å². The molecule has 0 fully saturated rings. The van der Waals surface area contributed by atoms with Crippen molar-refractivity contribution in [2.75, 3.05) is 13.2 Å². The highest BCUT2D eigenvalue weighted by Gasteiger charge is 2.22. The quantitative estimate of drug-likeness (QED) is 0.183. The second kappa shape index (κ2) is 14.8. The van der Waals surface area contributed by atoms with Crippen molar-refractivity contribution in [2.45, 2.75) is 57.6 Å². The highest BCUT2D eigenvalue weighted by atomic mass is 28.3. The van der Waals surface area contributed by atoms with Crippen LogP contribution in [-0.2, 0) is 36.9 Å². The van der Waals surface area contributed by atoms with Crippen LogP contribution in [0.25, 0.3) is 0 Å². The van der Waals surface area contributed by atoms with Gasteiger partial charge in [-0.05, 0) is 23.6 Å². The molecule has 0 aromatic heterocycles. The first-order valence-electron chi connectivity index (χ1n) is 10.7. The van der Waals surface area contributed by atoms with Gasteiger partial charge in [0.15, 0.2) is 6.61 Å². The molecule has 0 heterocycles. The first-order chi connectivity index (χ1) is 15.6. The van der Waals surface area contributed by atoms with Crippen LogP contribution in [0.15, 0.2) is 36.9 Å². The summed E-state index contributed by atoms with van der Waals surface area (Å²) in [5, 5.41) is 11.3. The number of hydroxylamine groups is 1. The molecule has 2 N–H and O–H groups in total. The lowest BCUT2D eigenvalue weighted by Gasteiger charge is -2.17. The van der Waals surface area contributed by atoms with E-state index in [0.717, 1.165) is 17.2 Å². The van der Waals surface area contributed by atoms with E-state index in [2.05, 4.69) is 37.0 Å². The van der Waals surface area contributed by atoms with Gasteiger partial charge in [-0.25, -0.2) is 9.59 Å². The van der Waals surface area contributed by atoms with Crippen molar-refractivity contribution in [1.29, 1.82) is 5.26 Å². The minimum Gasteiger partial charge on any atom is -0.449 e. The zero-order chi connectivity index (χ0) is 24.7. The van der Waals surface area contributed by atoms with Gasteiger partial charge in [-0.1, -0.05) is 50.0 Å². The topological polar surface area (TPSA) is 127 Å². The number of nitriles is 1. The molecule has 0 saturated heterocycles. The van der Waals surface area contributed by atoms with Crippen LogP contribution in [0.2, 0.25) is 25.7 Å². The van der Waals surface area contributed by atoms with Gasteiger partial charge in [-0.15, -0.1) is 6.58 Å². The third-order valence-electron chi connectivity index (χ3n) is 4.42. The Bertz CT molecular complexity index is 830. The monoisotopic (exact) mass is 475 g/mol. The van der Waals surface area contributed by atoms with Crippen molar-refractivity contribution < 1.29 is 28.7 Å². The van der Waals surface area contributed by atoms with Crippen molar-refractivity contribution in [2.24, 2.45) is 0 Å². The summed E-state index contributed by atoms with van der Waals surface area (Å²) in [5.74, 6) is -0.977. The van der Waals surface area contributed by atoms with Crippen molar-refractivity contribution >= 4 is 26.0 Å². The van der Waals surface area contributed by atoms with Crippen molar-refractivity contribution in [1.82, 2.24) is 10.8 Å². The van der Waals surface area contributed by atoms with E-state index in [0.29, 0.717) is 13.0 Å². The smallest absolute Gasteiger partial charge is 0.431 e. The van der Waals surface area contributed by atoms with E-state index in [-0.39, 0.29) is 32.0 Å². The zero-order valence-corrected chi connectivity index (χ0v) is 20.5. The molecule has 1 rings (SSSR count). The van der Waals surface area contributed by atoms with Gasteiger partial charge in [0.2, 0.25) is 5.91 Å². The number of benzene rings is 1. The average molecular weight is 476 g/mol. The Balaban J connectivity index is 2.55. The molecule has 0 aliphatic heterocycles. The molecule has 10 heteroatoms. The molecule has 0 radical (unpaired) electrons. The maximum absolute atomic E-state index is 12.2. The molecule has 1 unspecified atom stereocenters. The maximum atomic E-state index is 12.2. The molecule has 33 heavy (non-hydrogen) atoms. The minimum absolute atomic E-state index is 0.134. The molecular formula is C23H33N3O6Si. The highest BCUT2D eigenvalue weighted by Crippen LogP contribution is 2.10. The van der Waals surface area contributed by atoms with Crippen LogP contribution in [0.1, 0.15) is 24.0 Å².